The molecule has 3 atom stereocenters. The number of aromatic nitrogens is 2. The van der Waals surface area contributed by atoms with Gasteiger partial charge in [0, 0.05) is 23.4 Å². The van der Waals surface area contributed by atoms with E-state index in [9.17, 15) is 10.2 Å². The fourth-order valence-corrected chi connectivity index (χ4v) is 3.00. The second-order valence-electron chi connectivity index (χ2n) is 5.60. The van der Waals surface area contributed by atoms with Crippen LogP contribution in [0.4, 0.5) is 0 Å². The van der Waals surface area contributed by atoms with E-state index in [1.165, 1.54) is 0 Å². The quantitative estimate of drug-likeness (QED) is 0.707. The molecule has 0 spiro atoms. The van der Waals surface area contributed by atoms with Crippen LogP contribution in [0.1, 0.15) is 18.2 Å². The van der Waals surface area contributed by atoms with Gasteiger partial charge in [-0.1, -0.05) is 24.3 Å². The maximum Gasteiger partial charge on any atom is 0.107 e. The van der Waals surface area contributed by atoms with Gasteiger partial charge >= 0.3 is 0 Å². The smallest absolute Gasteiger partial charge is 0.107 e. The van der Waals surface area contributed by atoms with Gasteiger partial charge in [0.15, 0.2) is 0 Å². The van der Waals surface area contributed by atoms with Crippen molar-refractivity contribution in [2.24, 2.45) is 0 Å². The topological polar surface area (TPSA) is 75.5 Å². The zero-order valence-corrected chi connectivity index (χ0v) is 11.9. The average molecular weight is 296 g/mol. The van der Waals surface area contributed by atoms with Crippen molar-refractivity contribution in [2.45, 2.75) is 24.7 Å². The largest absolute Gasteiger partial charge is 0.394 e. The summed E-state index contributed by atoms with van der Waals surface area (Å²) in [6.07, 6.45) is 0.720. The second-order valence-corrected chi connectivity index (χ2v) is 5.60. The van der Waals surface area contributed by atoms with Gasteiger partial charge < -0.3 is 14.9 Å². The van der Waals surface area contributed by atoms with Crippen molar-refractivity contribution in [3.63, 3.8) is 0 Å². The highest BCUT2D eigenvalue weighted by Crippen LogP contribution is 2.33. The first-order valence-electron chi connectivity index (χ1n) is 7.35. The SMILES string of the molecule is OC[C@H]1O[C@@H](c2ccc3ccc4cccnc4c3n2)C[C@H]1O. The Bertz CT molecular complexity index is 836. The summed E-state index contributed by atoms with van der Waals surface area (Å²) in [5.74, 6) is 0. The van der Waals surface area contributed by atoms with Gasteiger partial charge in [-0.25, -0.2) is 4.98 Å². The van der Waals surface area contributed by atoms with E-state index in [0.717, 1.165) is 27.5 Å². The number of nitrogens with zero attached hydrogens (tertiary/aromatic N) is 2. The minimum Gasteiger partial charge on any atom is -0.394 e. The van der Waals surface area contributed by atoms with Crippen molar-refractivity contribution in [3.8, 4) is 0 Å². The number of aliphatic hydroxyl groups is 2. The van der Waals surface area contributed by atoms with Gasteiger partial charge in [0.2, 0.25) is 0 Å². The lowest BCUT2D eigenvalue weighted by molar-refractivity contribution is -0.0235. The number of ether oxygens (including phenoxy) is 1. The standard InChI is InChI=1S/C17H16N2O3/c20-9-15-13(21)8-14(22-15)12-6-5-11-4-3-10-2-1-7-18-16(10)17(11)19-12/h1-7,13-15,20-21H,8-9H2/t13-,14-,15-/m1/s1. The maximum absolute atomic E-state index is 9.88. The Balaban J connectivity index is 1.82. The molecule has 0 radical (unpaired) electrons. The summed E-state index contributed by atoms with van der Waals surface area (Å²) in [4.78, 5) is 9.14. The summed E-state index contributed by atoms with van der Waals surface area (Å²) in [6.45, 7) is -0.185. The van der Waals surface area contributed by atoms with E-state index < -0.39 is 12.2 Å². The van der Waals surface area contributed by atoms with E-state index in [1.54, 1.807) is 6.20 Å². The molecule has 2 aromatic heterocycles. The fraction of sp³-hybridized carbons (Fsp3) is 0.294. The number of pyridine rings is 2. The second kappa shape index (κ2) is 5.28. The number of aliphatic hydroxyl groups excluding tert-OH is 2. The molecule has 22 heavy (non-hydrogen) atoms. The fourth-order valence-electron chi connectivity index (χ4n) is 3.00. The van der Waals surface area contributed by atoms with E-state index in [2.05, 4.69) is 4.98 Å². The van der Waals surface area contributed by atoms with Crippen LogP contribution in [0.2, 0.25) is 0 Å². The highest BCUT2D eigenvalue weighted by molar-refractivity contribution is 6.02. The Morgan fingerprint density at radius 1 is 1.09 bits per heavy atom. The highest BCUT2D eigenvalue weighted by Gasteiger charge is 2.35. The molecular formula is C17H16N2O3. The number of hydrogen-bond acceptors (Lipinski definition) is 5. The molecule has 1 aliphatic rings. The first kappa shape index (κ1) is 13.6. The Labute approximate surface area is 127 Å². The van der Waals surface area contributed by atoms with Gasteiger partial charge in [0.25, 0.3) is 0 Å². The third kappa shape index (κ3) is 2.14. The highest BCUT2D eigenvalue weighted by atomic mass is 16.5. The summed E-state index contributed by atoms with van der Waals surface area (Å²) >= 11 is 0. The molecule has 1 aromatic carbocycles. The molecule has 1 fully saturated rings. The third-order valence-electron chi connectivity index (χ3n) is 4.19. The van der Waals surface area contributed by atoms with E-state index in [0.29, 0.717) is 6.42 Å². The molecule has 0 saturated carbocycles. The Morgan fingerprint density at radius 2 is 1.86 bits per heavy atom. The minimum atomic E-state index is -0.655. The lowest BCUT2D eigenvalue weighted by Gasteiger charge is -2.12. The summed E-state index contributed by atoms with van der Waals surface area (Å²) in [7, 11) is 0. The molecule has 2 N–H and O–H groups in total. The zero-order valence-electron chi connectivity index (χ0n) is 11.9. The van der Waals surface area contributed by atoms with Crippen LogP contribution >= 0.6 is 0 Å². The van der Waals surface area contributed by atoms with Crippen LogP contribution in [0.5, 0.6) is 0 Å². The van der Waals surface area contributed by atoms with Crippen LogP contribution in [-0.4, -0.2) is 39.0 Å². The Morgan fingerprint density at radius 3 is 2.64 bits per heavy atom. The molecule has 4 rings (SSSR count). The number of benzene rings is 1. The van der Waals surface area contributed by atoms with Crippen LogP contribution < -0.4 is 0 Å². The van der Waals surface area contributed by atoms with E-state index in [-0.39, 0.29) is 12.7 Å². The summed E-state index contributed by atoms with van der Waals surface area (Å²) < 4.78 is 5.69. The average Bonchev–Trinajstić information content (AvgIpc) is 2.95. The molecule has 3 aromatic rings. The molecule has 0 amide bonds. The molecule has 1 aliphatic heterocycles. The molecule has 1 saturated heterocycles. The van der Waals surface area contributed by atoms with Gasteiger partial charge in [-0.15, -0.1) is 0 Å². The molecule has 112 valence electrons. The summed E-state index contributed by atoms with van der Waals surface area (Å²) in [5, 5.41) is 21.1. The Hall–Kier alpha value is -2.08. The number of fused-ring (bicyclic) bond motifs is 3. The van der Waals surface area contributed by atoms with Crippen molar-refractivity contribution >= 4 is 21.8 Å². The predicted octanol–water partition coefficient (Wildman–Crippen LogP) is 1.97. The van der Waals surface area contributed by atoms with Crippen molar-refractivity contribution < 1.29 is 14.9 Å². The number of rotatable bonds is 2. The third-order valence-corrected chi connectivity index (χ3v) is 4.19. The lowest BCUT2D eigenvalue weighted by Crippen LogP contribution is -2.24. The van der Waals surface area contributed by atoms with Crippen LogP contribution in [0.15, 0.2) is 42.6 Å². The van der Waals surface area contributed by atoms with Crippen LogP contribution in [0.3, 0.4) is 0 Å². The van der Waals surface area contributed by atoms with Gasteiger partial charge in [-0.3, -0.25) is 4.98 Å². The van der Waals surface area contributed by atoms with Crippen molar-refractivity contribution in [1.82, 2.24) is 9.97 Å². The molecule has 3 heterocycles. The van der Waals surface area contributed by atoms with E-state index >= 15 is 0 Å². The van der Waals surface area contributed by atoms with Crippen molar-refractivity contribution in [3.05, 3.63) is 48.3 Å². The molecule has 0 aliphatic carbocycles. The van der Waals surface area contributed by atoms with Gasteiger partial charge in [0.1, 0.15) is 12.2 Å². The molecule has 5 nitrogen and oxygen atoms in total. The van der Waals surface area contributed by atoms with E-state index in [4.69, 9.17) is 9.72 Å². The first-order valence-corrected chi connectivity index (χ1v) is 7.35. The minimum absolute atomic E-state index is 0.185. The zero-order chi connectivity index (χ0) is 15.1. The van der Waals surface area contributed by atoms with Gasteiger partial charge in [-0.05, 0) is 12.1 Å². The van der Waals surface area contributed by atoms with Crippen molar-refractivity contribution in [1.29, 1.82) is 0 Å². The van der Waals surface area contributed by atoms with E-state index in [1.807, 2.05) is 36.4 Å². The van der Waals surface area contributed by atoms with Crippen LogP contribution in [0.25, 0.3) is 21.8 Å². The molecule has 0 unspecified atom stereocenters. The normalized spacial score (nSPS) is 25.1. The maximum atomic E-state index is 9.88. The predicted molar refractivity (Wildman–Crippen MR) is 82.4 cm³/mol. The monoisotopic (exact) mass is 296 g/mol. The van der Waals surface area contributed by atoms with Crippen LogP contribution in [-0.2, 0) is 4.74 Å². The Kier molecular flexibility index (Phi) is 3.26. The number of hydrogen-bond donors (Lipinski definition) is 2. The molecular weight excluding hydrogens is 280 g/mol. The van der Waals surface area contributed by atoms with Crippen LogP contribution in [0, 0.1) is 0 Å². The first-order chi connectivity index (χ1) is 10.8. The molecule has 5 heteroatoms. The van der Waals surface area contributed by atoms with Gasteiger partial charge in [0.05, 0.1) is 29.4 Å². The summed E-state index contributed by atoms with van der Waals surface area (Å²) in [5.41, 5.74) is 2.46. The molecule has 0 bridgehead atoms. The summed E-state index contributed by atoms with van der Waals surface area (Å²) in [6, 6.07) is 11.9. The van der Waals surface area contributed by atoms with Crippen molar-refractivity contribution in [2.75, 3.05) is 6.61 Å². The van der Waals surface area contributed by atoms with Gasteiger partial charge in [-0.2, -0.15) is 0 Å². The lowest BCUT2D eigenvalue weighted by atomic mass is 10.1.